The Morgan fingerprint density at radius 1 is 0.700 bits per heavy atom. The Labute approximate surface area is 174 Å². The van der Waals surface area contributed by atoms with Crippen molar-refractivity contribution in [2.75, 3.05) is 49.3 Å². The van der Waals surface area contributed by atoms with E-state index in [2.05, 4.69) is 0 Å². The first-order valence-electron chi connectivity index (χ1n) is 9.04. The molecule has 1 aliphatic rings. The maximum absolute atomic E-state index is 12.7. The largest absolute Gasteiger partial charge is 0.493 e. The van der Waals surface area contributed by atoms with Crippen LogP contribution in [0.25, 0.3) is 11.1 Å². The summed E-state index contributed by atoms with van der Waals surface area (Å²) < 4.78 is 38.0. The highest BCUT2D eigenvalue weighted by Gasteiger charge is 2.32. The van der Waals surface area contributed by atoms with Crippen molar-refractivity contribution in [1.82, 2.24) is 0 Å². The van der Waals surface area contributed by atoms with Crippen molar-refractivity contribution >= 4 is 17.1 Å². The van der Waals surface area contributed by atoms with Gasteiger partial charge in [-0.25, -0.2) is 4.79 Å². The van der Waals surface area contributed by atoms with Gasteiger partial charge in [-0.05, 0) is 29.8 Å². The van der Waals surface area contributed by atoms with Crippen molar-refractivity contribution in [1.29, 1.82) is 0 Å². The molecule has 0 saturated heterocycles. The first-order chi connectivity index (χ1) is 14.5. The molecule has 0 aliphatic carbocycles. The van der Waals surface area contributed by atoms with Crippen molar-refractivity contribution in [3.8, 4) is 34.5 Å². The van der Waals surface area contributed by atoms with E-state index in [-0.39, 0.29) is 6.61 Å². The Kier molecular flexibility index (Phi) is 6.25. The van der Waals surface area contributed by atoms with Crippen molar-refractivity contribution < 1.29 is 38.0 Å². The molecule has 2 aromatic carbocycles. The zero-order chi connectivity index (χ0) is 21.8. The lowest BCUT2D eigenvalue weighted by atomic mass is 9.95. The van der Waals surface area contributed by atoms with E-state index < -0.39 is 5.97 Å². The van der Waals surface area contributed by atoms with Crippen LogP contribution >= 0.6 is 0 Å². The number of rotatable bonds is 8. The number of esters is 1. The smallest absolute Gasteiger partial charge is 0.339 e. The van der Waals surface area contributed by atoms with Crippen LogP contribution in [0.5, 0.6) is 34.5 Å². The molecule has 0 unspecified atom stereocenters. The molecule has 0 radical (unpaired) electrons. The summed E-state index contributed by atoms with van der Waals surface area (Å²) in [6.07, 6.45) is 0. The number of benzene rings is 2. The maximum Gasteiger partial charge on any atom is 0.339 e. The molecule has 0 saturated carbocycles. The van der Waals surface area contributed by atoms with Crippen molar-refractivity contribution in [3.05, 3.63) is 35.4 Å². The second kappa shape index (κ2) is 8.86. The number of methoxy groups -OCH3 is 6. The lowest BCUT2D eigenvalue weighted by Gasteiger charge is -2.17. The zero-order valence-corrected chi connectivity index (χ0v) is 17.8. The lowest BCUT2D eigenvalue weighted by molar-refractivity contribution is -0.133. The Bertz CT molecular complexity index is 968. The fraction of sp³-hybridized carbons (Fsp3) is 0.318. The predicted molar refractivity (Wildman–Crippen MR) is 110 cm³/mol. The summed E-state index contributed by atoms with van der Waals surface area (Å²) in [7, 11) is 9.14. The molecule has 30 heavy (non-hydrogen) atoms. The molecule has 0 amide bonds. The minimum atomic E-state index is -0.462. The Balaban J connectivity index is 2.28. The second-order valence-electron chi connectivity index (χ2n) is 6.23. The zero-order valence-electron chi connectivity index (χ0n) is 17.8. The average Bonchev–Trinajstić information content (AvgIpc) is 3.17. The van der Waals surface area contributed by atoms with E-state index >= 15 is 0 Å². The van der Waals surface area contributed by atoms with Gasteiger partial charge in [0, 0.05) is 11.1 Å². The van der Waals surface area contributed by atoms with E-state index in [1.54, 1.807) is 31.4 Å². The summed E-state index contributed by atoms with van der Waals surface area (Å²) in [5, 5.41) is 0. The molecule has 1 aliphatic heterocycles. The highest BCUT2D eigenvalue weighted by Crippen LogP contribution is 2.47. The maximum atomic E-state index is 12.7. The van der Waals surface area contributed by atoms with Gasteiger partial charge in [0.15, 0.2) is 23.0 Å². The SMILES string of the molecule is COc1cc(C2=C(c3ccc(OC)c(OC)c3OC)COC2=O)cc(OC)c1OC. The first kappa shape index (κ1) is 21.2. The lowest BCUT2D eigenvalue weighted by Crippen LogP contribution is -2.02. The molecule has 0 fully saturated rings. The number of carbonyl (C=O) groups excluding carboxylic acids is 1. The van der Waals surface area contributed by atoms with Gasteiger partial charge in [0.1, 0.15) is 6.61 Å². The fourth-order valence-electron chi connectivity index (χ4n) is 3.47. The van der Waals surface area contributed by atoms with Crippen LogP contribution in [-0.2, 0) is 9.53 Å². The van der Waals surface area contributed by atoms with Crippen molar-refractivity contribution in [3.63, 3.8) is 0 Å². The molecule has 0 bridgehead atoms. The Morgan fingerprint density at radius 3 is 1.77 bits per heavy atom. The van der Waals surface area contributed by atoms with E-state index in [1.165, 1.54) is 35.5 Å². The van der Waals surface area contributed by atoms with E-state index in [0.717, 1.165) is 0 Å². The van der Waals surface area contributed by atoms with E-state index in [1.807, 2.05) is 0 Å². The standard InChI is InChI=1S/C22H24O8/c1-24-15-8-7-13(19(27-4)21(15)29-6)14-11-30-22(23)18(14)12-9-16(25-2)20(28-5)17(10-12)26-3/h7-10H,11H2,1-6H3. The molecular weight excluding hydrogens is 392 g/mol. The van der Waals surface area contributed by atoms with Crippen molar-refractivity contribution in [2.45, 2.75) is 0 Å². The first-order valence-corrected chi connectivity index (χ1v) is 9.04. The van der Waals surface area contributed by atoms with Gasteiger partial charge in [0.2, 0.25) is 11.5 Å². The van der Waals surface area contributed by atoms with Gasteiger partial charge in [-0.3, -0.25) is 0 Å². The summed E-state index contributed by atoms with van der Waals surface area (Å²) in [5.41, 5.74) is 2.25. The third kappa shape index (κ3) is 3.45. The molecular formula is C22H24O8. The number of cyclic esters (lactones) is 1. The number of ether oxygens (including phenoxy) is 7. The van der Waals surface area contributed by atoms with Gasteiger partial charge in [0.25, 0.3) is 0 Å². The molecule has 8 heteroatoms. The highest BCUT2D eigenvalue weighted by molar-refractivity contribution is 6.27. The minimum absolute atomic E-state index is 0.0800. The number of hydrogen-bond donors (Lipinski definition) is 0. The minimum Gasteiger partial charge on any atom is -0.493 e. The Hall–Kier alpha value is -3.55. The number of carbonyl (C=O) groups is 1. The van der Waals surface area contributed by atoms with Crippen LogP contribution in [0.3, 0.4) is 0 Å². The van der Waals surface area contributed by atoms with Gasteiger partial charge in [-0.2, -0.15) is 0 Å². The van der Waals surface area contributed by atoms with Crippen LogP contribution < -0.4 is 28.4 Å². The molecule has 2 aromatic rings. The van der Waals surface area contributed by atoms with Gasteiger partial charge in [0.05, 0.1) is 48.2 Å². The summed E-state index contributed by atoms with van der Waals surface area (Å²) in [4.78, 5) is 12.7. The Morgan fingerprint density at radius 2 is 1.27 bits per heavy atom. The molecule has 0 atom stereocenters. The van der Waals surface area contributed by atoms with Crippen LogP contribution in [0.2, 0.25) is 0 Å². The highest BCUT2D eigenvalue weighted by atomic mass is 16.5. The third-order valence-corrected chi connectivity index (χ3v) is 4.84. The van der Waals surface area contributed by atoms with Crippen LogP contribution in [0.15, 0.2) is 24.3 Å². The van der Waals surface area contributed by atoms with Gasteiger partial charge >= 0.3 is 5.97 Å². The molecule has 160 valence electrons. The summed E-state index contributed by atoms with van der Waals surface area (Å²) >= 11 is 0. The van der Waals surface area contributed by atoms with Crippen LogP contribution in [-0.4, -0.2) is 55.2 Å². The molecule has 0 N–H and O–H groups in total. The molecule has 3 rings (SSSR count). The van der Waals surface area contributed by atoms with E-state index in [4.69, 9.17) is 33.2 Å². The van der Waals surface area contributed by atoms with E-state index in [9.17, 15) is 4.79 Å². The van der Waals surface area contributed by atoms with Crippen LogP contribution in [0, 0.1) is 0 Å². The normalized spacial score (nSPS) is 13.1. The average molecular weight is 416 g/mol. The van der Waals surface area contributed by atoms with Gasteiger partial charge < -0.3 is 33.2 Å². The fourth-order valence-corrected chi connectivity index (χ4v) is 3.47. The molecule has 8 nitrogen and oxygen atoms in total. The van der Waals surface area contributed by atoms with Gasteiger partial charge in [-0.15, -0.1) is 0 Å². The summed E-state index contributed by atoms with van der Waals surface area (Å²) in [5.74, 6) is 2.20. The molecule has 1 heterocycles. The second-order valence-corrected chi connectivity index (χ2v) is 6.23. The summed E-state index contributed by atoms with van der Waals surface area (Å²) in [6.45, 7) is 0.0800. The third-order valence-electron chi connectivity index (χ3n) is 4.84. The summed E-state index contributed by atoms with van der Waals surface area (Å²) in [6, 6.07) is 6.96. The monoisotopic (exact) mass is 416 g/mol. The van der Waals surface area contributed by atoms with E-state index in [0.29, 0.717) is 56.8 Å². The van der Waals surface area contributed by atoms with Crippen LogP contribution in [0.4, 0.5) is 0 Å². The van der Waals surface area contributed by atoms with Gasteiger partial charge in [-0.1, -0.05) is 0 Å². The number of hydrogen-bond acceptors (Lipinski definition) is 8. The van der Waals surface area contributed by atoms with Crippen LogP contribution in [0.1, 0.15) is 11.1 Å². The quantitative estimate of drug-likeness (QED) is 0.607. The molecule has 0 spiro atoms. The molecule has 0 aromatic heterocycles. The topological polar surface area (TPSA) is 81.7 Å². The predicted octanol–water partition coefficient (Wildman–Crippen LogP) is 3.21. The van der Waals surface area contributed by atoms with Crippen molar-refractivity contribution in [2.24, 2.45) is 0 Å².